The summed E-state index contributed by atoms with van der Waals surface area (Å²) in [5, 5.41) is 40.7. The zero-order chi connectivity index (χ0) is 22.2. The molecular weight excluding hydrogens is 358 g/mol. The number of carboxylic acid groups (broad SMARTS) is 1. The molecule has 168 valence electrons. The molecule has 0 bridgehead atoms. The summed E-state index contributed by atoms with van der Waals surface area (Å²) in [6.07, 6.45) is 1.27. The Labute approximate surface area is 172 Å². The molecule has 6 heteroatoms. The lowest BCUT2D eigenvalue weighted by atomic mass is 9.82. The Kier molecular flexibility index (Phi) is 11.8. The highest BCUT2D eigenvalue weighted by atomic mass is 16.4. The van der Waals surface area contributed by atoms with Crippen molar-refractivity contribution in [2.45, 2.75) is 98.0 Å². The Hall–Kier alpha value is -0.690. The van der Waals surface area contributed by atoms with Crippen molar-refractivity contribution in [1.82, 2.24) is 4.90 Å². The fourth-order valence-electron chi connectivity index (χ4n) is 4.28. The summed E-state index contributed by atoms with van der Waals surface area (Å²) in [5.41, 5.74) is -1.11. The third-order valence-corrected chi connectivity index (χ3v) is 6.23. The van der Waals surface area contributed by atoms with Crippen molar-refractivity contribution in [3.63, 3.8) is 0 Å². The molecule has 4 N–H and O–H groups in total. The number of hydrogen-bond acceptors (Lipinski definition) is 5. The van der Waals surface area contributed by atoms with E-state index >= 15 is 0 Å². The van der Waals surface area contributed by atoms with Crippen molar-refractivity contribution >= 4 is 5.97 Å². The Balaban J connectivity index is 4.65. The Morgan fingerprint density at radius 2 is 1.54 bits per heavy atom. The molecule has 0 aliphatic carbocycles. The van der Waals surface area contributed by atoms with Crippen molar-refractivity contribution in [1.29, 1.82) is 0 Å². The fourth-order valence-corrected chi connectivity index (χ4v) is 4.28. The molecule has 6 nitrogen and oxygen atoms in total. The average Bonchev–Trinajstić information content (AvgIpc) is 2.58. The van der Waals surface area contributed by atoms with Gasteiger partial charge >= 0.3 is 5.97 Å². The van der Waals surface area contributed by atoms with Crippen LogP contribution in [0.4, 0.5) is 0 Å². The summed E-state index contributed by atoms with van der Waals surface area (Å²) in [6.45, 7) is 14.1. The van der Waals surface area contributed by atoms with Crippen LogP contribution in [0.5, 0.6) is 0 Å². The second-order valence-electron chi connectivity index (χ2n) is 9.49. The van der Waals surface area contributed by atoms with E-state index in [9.17, 15) is 20.1 Å². The molecule has 28 heavy (non-hydrogen) atoms. The van der Waals surface area contributed by atoms with Crippen LogP contribution in [0.3, 0.4) is 0 Å². The quantitative estimate of drug-likeness (QED) is 0.356. The number of likely N-dealkylation sites (N-methyl/N-ethyl adjacent to an activating group) is 1. The normalized spacial score (nSPS) is 22.0. The number of aliphatic hydroxyl groups is 3. The summed E-state index contributed by atoms with van der Waals surface area (Å²) in [5.74, 6) is -1.00. The largest absolute Gasteiger partial charge is 0.481 e. The van der Waals surface area contributed by atoms with Gasteiger partial charge in [-0.15, -0.1) is 0 Å². The summed E-state index contributed by atoms with van der Waals surface area (Å²) >= 11 is 0. The monoisotopic (exact) mass is 403 g/mol. The Morgan fingerprint density at radius 3 is 2.00 bits per heavy atom. The molecular formula is C22H45NO5. The maximum absolute atomic E-state index is 11.0. The molecule has 0 saturated heterocycles. The van der Waals surface area contributed by atoms with E-state index in [4.69, 9.17) is 5.11 Å². The lowest BCUT2D eigenvalue weighted by molar-refractivity contribution is -0.142. The Morgan fingerprint density at radius 1 is 1.04 bits per heavy atom. The summed E-state index contributed by atoms with van der Waals surface area (Å²) < 4.78 is 0. The minimum absolute atomic E-state index is 0.0582. The van der Waals surface area contributed by atoms with Gasteiger partial charge in [-0.2, -0.15) is 0 Å². The van der Waals surface area contributed by atoms with Crippen LogP contribution in [-0.2, 0) is 4.79 Å². The number of rotatable bonds is 14. The first kappa shape index (κ1) is 27.3. The van der Waals surface area contributed by atoms with E-state index in [1.54, 1.807) is 13.8 Å². The molecule has 0 aliphatic heterocycles. The number of hydrogen-bond donors (Lipinski definition) is 4. The summed E-state index contributed by atoms with van der Waals surface area (Å²) in [4.78, 5) is 13.1. The minimum atomic E-state index is -1.11. The van der Waals surface area contributed by atoms with E-state index in [-0.39, 0.29) is 17.9 Å². The molecule has 0 aromatic heterocycles. The minimum Gasteiger partial charge on any atom is -0.481 e. The molecule has 0 aliphatic rings. The van der Waals surface area contributed by atoms with Crippen LogP contribution in [0.1, 0.15) is 74.1 Å². The maximum atomic E-state index is 11.0. The van der Waals surface area contributed by atoms with Gasteiger partial charge < -0.3 is 25.3 Å². The van der Waals surface area contributed by atoms with Crippen molar-refractivity contribution in [2.75, 3.05) is 13.6 Å². The lowest BCUT2D eigenvalue weighted by Gasteiger charge is -2.38. The molecule has 0 spiro atoms. The first-order valence-electron chi connectivity index (χ1n) is 10.8. The van der Waals surface area contributed by atoms with Crippen LogP contribution in [-0.4, -0.2) is 68.7 Å². The van der Waals surface area contributed by atoms with Crippen molar-refractivity contribution in [2.24, 2.45) is 23.7 Å². The molecule has 0 heterocycles. The predicted molar refractivity (Wildman–Crippen MR) is 113 cm³/mol. The molecule has 0 aromatic rings. The predicted octanol–water partition coefficient (Wildman–Crippen LogP) is 2.99. The SMILES string of the molecule is CCCC(C)(O)[C@H](O)[C@@H](C)N(C)C[C@H](C)C[C@H](C)C(O)[C@@H](C)C[C@@H](C)C(=O)O. The standard InChI is InChI=1S/C22H45NO5/c1-9-10-22(7,28)20(25)18(6)23(8)13-14(2)11-15(3)19(24)16(4)12-17(5)21(26)27/h14-20,24-25,28H,9-13H2,1-8H3,(H,26,27)/t14-,15+,16+,17-,18-,19?,20-,22?/m1/s1. The molecule has 0 saturated carbocycles. The molecule has 0 fully saturated rings. The molecule has 0 rings (SSSR count). The third-order valence-electron chi connectivity index (χ3n) is 6.23. The van der Waals surface area contributed by atoms with Gasteiger partial charge in [0, 0.05) is 12.6 Å². The van der Waals surface area contributed by atoms with Crippen molar-refractivity contribution < 1.29 is 25.2 Å². The van der Waals surface area contributed by atoms with E-state index in [2.05, 4.69) is 11.8 Å². The second-order valence-corrected chi connectivity index (χ2v) is 9.49. The van der Waals surface area contributed by atoms with E-state index < -0.39 is 29.7 Å². The van der Waals surface area contributed by atoms with Crippen LogP contribution in [0, 0.1) is 23.7 Å². The van der Waals surface area contributed by atoms with E-state index in [0.29, 0.717) is 18.8 Å². The van der Waals surface area contributed by atoms with Crippen LogP contribution in [0.2, 0.25) is 0 Å². The van der Waals surface area contributed by atoms with Crippen molar-refractivity contribution in [3.8, 4) is 0 Å². The highest BCUT2D eigenvalue weighted by Gasteiger charge is 2.35. The third kappa shape index (κ3) is 8.76. The number of carbonyl (C=O) groups is 1. The second kappa shape index (κ2) is 12.1. The van der Waals surface area contributed by atoms with Crippen molar-refractivity contribution in [3.05, 3.63) is 0 Å². The number of carboxylic acids is 1. The van der Waals surface area contributed by atoms with Crippen LogP contribution in [0.25, 0.3) is 0 Å². The van der Waals surface area contributed by atoms with E-state index in [1.165, 1.54) is 0 Å². The van der Waals surface area contributed by atoms with Gasteiger partial charge in [-0.3, -0.25) is 4.79 Å². The molecule has 0 radical (unpaired) electrons. The Bertz CT molecular complexity index is 456. The fraction of sp³-hybridized carbons (Fsp3) is 0.955. The average molecular weight is 404 g/mol. The highest BCUT2D eigenvalue weighted by molar-refractivity contribution is 5.69. The summed E-state index contributed by atoms with van der Waals surface area (Å²) in [7, 11) is 1.95. The van der Waals surface area contributed by atoms with Crippen LogP contribution >= 0.6 is 0 Å². The van der Waals surface area contributed by atoms with E-state index in [0.717, 1.165) is 19.4 Å². The van der Waals surface area contributed by atoms with Gasteiger partial charge in [-0.25, -0.2) is 0 Å². The smallest absolute Gasteiger partial charge is 0.306 e. The zero-order valence-electron chi connectivity index (χ0n) is 19.2. The van der Waals surface area contributed by atoms with Gasteiger partial charge in [-0.1, -0.05) is 41.0 Å². The number of nitrogens with zero attached hydrogens (tertiary/aromatic N) is 1. The first-order chi connectivity index (χ1) is 12.7. The topological polar surface area (TPSA) is 101 Å². The molecule has 8 atom stereocenters. The van der Waals surface area contributed by atoms with Gasteiger partial charge in [0.1, 0.15) is 0 Å². The van der Waals surface area contributed by atoms with Gasteiger partial charge in [-0.05, 0) is 57.9 Å². The lowest BCUT2D eigenvalue weighted by Crippen LogP contribution is -2.52. The molecule has 0 aromatic carbocycles. The number of aliphatic hydroxyl groups excluding tert-OH is 2. The number of aliphatic carboxylic acids is 1. The molecule has 0 amide bonds. The van der Waals surface area contributed by atoms with Gasteiger partial charge in [0.2, 0.25) is 0 Å². The van der Waals surface area contributed by atoms with Gasteiger partial charge in [0.15, 0.2) is 0 Å². The van der Waals surface area contributed by atoms with Gasteiger partial charge in [0.25, 0.3) is 0 Å². The summed E-state index contributed by atoms with van der Waals surface area (Å²) in [6, 6.07) is -0.181. The van der Waals surface area contributed by atoms with Gasteiger partial charge in [0.05, 0.1) is 23.7 Å². The van der Waals surface area contributed by atoms with Crippen LogP contribution in [0.15, 0.2) is 0 Å². The molecule has 2 unspecified atom stereocenters. The van der Waals surface area contributed by atoms with Crippen LogP contribution < -0.4 is 0 Å². The maximum Gasteiger partial charge on any atom is 0.306 e. The highest BCUT2D eigenvalue weighted by Crippen LogP contribution is 2.26. The first-order valence-corrected chi connectivity index (χ1v) is 10.8. The zero-order valence-corrected chi connectivity index (χ0v) is 19.2. The van der Waals surface area contributed by atoms with E-state index in [1.807, 2.05) is 34.7 Å².